The molecule has 0 bridgehead atoms. The third kappa shape index (κ3) is 4.18. The number of urea groups is 1. The Morgan fingerprint density at radius 3 is 1.96 bits per heavy atom. The number of piperazine rings is 1. The highest BCUT2D eigenvalue weighted by Crippen LogP contribution is 2.23. The average Bonchev–Trinajstić information content (AvgIpc) is 3.37. The Morgan fingerprint density at radius 2 is 1.46 bits per heavy atom. The van der Waals surface area contributed by atoms with Crippen molar-refractivity contribution in [1.29, 1.82) is 0 Å². The average molecular weight is 358 g/mol. The van der Waals surface area contributed by atoms with Crippen LogP contribution in [0.2, 0.25) is 0 Å². The van der Waals surface area contributed by atoms with E-state index in [1.165, 1.54) is 10.6 Å². The molecule has 0 radical (unpaired) electrons. The summed E-state index contributed by atoms with van der Waals surface area (Å²) in [5, 5.41) is 2.98. The van der Waals surface area contributed by atoms with Crippen LogP contribution in [0.1, 0.15) is 25.7 Å². The first-order chi connectivity index (χ1) is 11.3. The van der Waals surface area contributed by atoms with Gasteiger partial charge in [-0.2, -0.15) is 4.31 Å². The van der Waals surface area contributed by atoms with E-state index in [9.17, 15) is 18.0 Å². The van der Waals surface area contributed by atoms with Gasteiger partial charge in [-0.3, -0.25) is 4.79 Å². The molecule has 3 fully saturated rings. The lowest BCUT2D eigenvalue weighted by Gasteiger charge is -2.37. The maximum Gasteiger partial charge on any atom is 0.317 e. The zero-order valence-corrected chi connectivity index (χ0v) is 14.9. The van der Waals surface area contributed by atoms with Crippen molar-refractivity contribution < 1.29 is 18.0 Å². The maximum absolute atomic E-state index is 12.6. The van der Waals surface area contributed by atoms with Crippen molar-refractivity contribution in [3.8, 4) is 0 Å². The van der Waals surface area contributed by atoms with Crippen molar-refractivity contribution >= 4 is 22.0 Å². The lowest BCUT2D eigenvalue weighted by atomic mass is 9.95. The number of rotatable bonds is 3. The van der Waals surface area contributed by atoms with Crippen LogP contribution < -0.4 is 5.32 Å². The highest BCUT2D eigenvalue weighted by Gasteiger charge is 2.34. The van der Waals surface area contributed by atoms with Crippen molar-refractivity contribution in [3.63, 3.8) is 0 Å². The Balaban J connectivity index is 1.44. The SMILES string of the molecule is CS(=O)(=O)N1CCN(C(=O)C2CCN(C(=O)NC3CC3)CC2)CC1. The number of hydrogen-bond donors (Lipinski definition) is 1. The Kier molecular flexibility index (Phi) is 5.00. The summed E-state index contributed by atoms with van der Waals surface area (Å²) in [7, 11) is -3.18. The second-order valence-corrected chi connectivity index (χ2v) is 8.95. The third-order valence-electron chi connectivity index (χ3n) is 5.06. The fourth-order valence-electron chi connectivity index (χ4n) is 3.32. The van der Waals surface area contributed by atoms with E-state index < -0.39 is 10.0 Å². The lowest BCUT2D eigenvalue weighted by molar-refractivity contribution is -0.138. The molecule has 1 N–H and O–H groups in total. The van der Waals surface area contributed by atoms with E-state index in [0.717, 1.165) is 12.8 Å². The number of nitrogens with one attached hydrogen (secondary N) is 1. The first kappa shape index (κ1) is 17.5. The molecule has 2 saturated heterocycles. The van der Waals surface area contributed by atoms with Crippen molar-refractivity contribution in [1.82, 2.24) is 19.4 Å². The fraction of sp³-hybridized carbons (Fsp3) is 0.867. The summed E-state index contributed by atoms with van der Waals surface area (Å²) in [6, 6.07) is 0.341. The Bertz CT molecular complexity index is 589. The van der Waals surface area contributed by atoms with Crippen LogP contribution in [-0.2, 0) is 14.8 Å². The minimum atomic E-state index is -3.18. The Hall–Kier alpha value is -1.35. The molecule has 9 heteroatoms. The van der Waals surface area contributed by atoms with Crippen LogP contribution in [0.3, 0.4) is 0 Å². The standard InChI is InChI=1S/C15H26N4O4S/c1-24(22,23)19-10-8-17(9-11-19)14(20)12-4-6-18(7-5-12)15(21)16-13-2-3-13/h12-13H,2-11H2,1H3,(H,16,21). The van der Waals surface area contributed by atoms with E-state index in [0.29, 0.717) is 58.2 Å². The van der Waals surface area contributed by atoms with Crippen LogP contribution in [0.25, 0.3) is 0 Å². The molecule has 0 aromatic carbocycles. The van der Waals surface area contributed by atoms with Crippen LogP contribution in [0.4, 0.5) is 4.79 Å². The van der Waals surface area contributed by atoms with Gasteiger partial charge in [-0.05, 0) is 25.7 Å². The quantitative estimate of drug-likeness (QED) is 0.748. The van der Waals surface area contributed by atoms with Crippen molar-refractivity contribution in [3.05, 3.63) is 0 Å². The number of hydrogen-bond acceptors (Lipinski definition) is 4. The van der Waals surface area contributed by atoms with E-state index in [1.807, 2.05) is 0 Å². The second-order valence-electron chi connectivity index (χ2n) is 6.97. The van der Waals surface area contributed by atoms with Gasteiger partial charge in [-0.15, -0.1) is 0 Å². The summed E-state index contributed by atoms with van der Waals surface area (Å²) >= 11 is 0. The molecule has 0 aromatic rings. The smallest absolute Gasteiger partial charge is 0.317 e. The van der Waals surface area contributed by atoms with Gasteiger partial charge in [0.05, 0.1) is 6.26 Å². The Morgan fingerprint density at radius 1 is 0.875 bits per heavy atom. The van der Waals surface area contributed by atoms with Crippen LogP contribution in [0.15, 0.2) is 0 Å². The van der Waals surface area contributed by atoms with Crippen molar-refractivity contribution in [2.75, 3.05) is 45.5 Å². The van der Waals surface area contributed by atoms with Crippen LogP contribution in [0, 0.1) is 5.92 Å². The molecule has 0 aromatic heterocycles. The van der Waals surface area contributed by atoms with E-state index >= 15 is 0 Å². The summed E-state index contributed by atoms with van der Waals surface area (Å²) in [5.74, 6) is 0.0464. The summed E-state index contributed by atoms with van der Waals surface area (Å²) in [5.41, 5.74) is 0. The molecule has 3 amide bonds. The summed E-state index contributed by atoms with van der Waals surface area (Å²) < 4.78 is 24.5. The van der Waals surface area contributed by atoms with Gasteiger partial charge in [0.2, 0.25) is 15.9 Å². The minimum absolute atomic E-state index is 0.00911. The number of nitrogens with zero attached hydrogens (tertiary/aromatic N) is 3. The molecule has 0 spiro atoms. The van der Waals surface area contributed by atoms with Gasteiger partial charge < -0.3 is 15.1 Å². The molecule has 24 heavy (non-hydrogen) atoms. The molecule has 1 saturated carbocycles. The Labute approximate surface area is 143 Å². The summed E-state index contributed by atoms with van der Waals surface area (Å²) in [4.78, 5) is 28.2. The molecule has 2 heterocycles. The van der Waals surface area contributed by atoms with E-state index in [-0.39, 0.29) is 17.9 Å². The number of likely N-dealkylation sites (tertiary alicyclic amines) is 1. The summed E-state index contributed by atoms with van der Waals surface area (Å²) in [6.45, 7) is 2.86. The number of carbonyl (C=O) groups excluding carboxylic acids is 2. The molecule has 136 valence electrons. The van der Waals surface area contributed by atoms with E-state index in [2.05, 4.69) is 5.32 Å². The second kappa shape index (κ2) is 6.87. The maximum atomic E-state index is 12.6. The number of piperidine rings is 1. The van der Waals surface area contributed by atoms with Gasteiger partial charge in [-0.25, -0.2) is 13.2 Å². The normalized spacial score (nSPS) is 24.0. The van der Waals surface area contributed by atoms with Gasteiger partial charge in [0, 0.05) is 51.2 Å². The van der Waals surface area contributed by atoms with Gasteiger partial charge in [0.15, 0.2) is 0 Å². The zero-order valence-electron chi connectivity index (χ0n) is 14.1. The lowest BCUT2D eigenvalue weighted by Crippen LogP contribution is -2.53. The highest BCUT2D eigenvalue weighted by molar-refractivity contribution is 7.88. The topological polar surface area (TPSA) is 90.0 Å². The first-order valence-electron chi connectivity index (χ1n) is 8.64. The minimum Gasteiger partial charge on any atom is -0.340 e. The molecule has 8 nitrogen and oxygen atoms in total. The van der Waals surface area contributed by atoms with E-state index in [1.54, 1.807) is 9.80 Å². The predicted molar refractivity (Wildman–Crippen MR) is 88.8 cm³/mol. The summed E-state index contributed by atoms with van der Waals surface area (Å²) in [6.07, 6.45) is 4.71. The molecular formula is C15H26N4O4S. The predicted octanol–water partition coefficient (Wildman–Crippen LogP) is -0.326. The number of carbonyl (C=O) groups is 2. The van der Waals surface area contributed by atoms with Gasteiger partial charge in [0.25, 0.3) is 0 Å². The first-order valence-corrected chi connectivity index (χ1v) is 10.5. The molecule has 3 aliphatic rings. The van der Waals surface area contributed by atoms with Gasteiger partial charge in [-0.1, -0.05) is 0 Å². The van der Waals surface area contributed by atoms with Gasteiger partial charge in [0.1, 0.15) is 0 Å². The molecule has 0 unspecified atom stereocenters. The fourth-order valence-corrected chi connectivity index (χ4v) is 4.15. The molecule has 2 aliphatic heterocycles. The number of amides is 3. The monoisotopic (exact) mass is 358 g/mol. The molecule has 0 atom stereocenters. The van der Waals surface area contributed by atoms with Crippen LogP contribution in [0.5, 0.6) is 0 Å². The third-order valence-corrected chi connectivity index (χ3v) is 6.36. The largest absolute Gasteiger partial charge is 0.340 e. The molecular weight excluding hydrogens is 332 g/mol. The van der Waals surface area contributed by atoms with Gasteiger partial charge >= 0.3 is 6.03 Å². The highest BCUT2D eigenvalue weighted by atomic mass is 32.2. The van der Waals surface area contributed by atoms with E-state index in [4.69, 9.17) is 0 Å². The van der Waals surface area contributed by atoms with Crippen molar-refractivity contribution in [2.24, 2.45) is 5.92 Å². The van der Waals surface area contributed by atoms with Crippen LogP contribution >= 0.6 is 0 Å². The van der Waals surface area contributed by atoms with Crippen molar-refractivity contribution in [2.45, 2.75) is 31.7 Å². The zero-order chi connectivity index (χ0) is 17.3. The molecule has 1 aliphatic carbocycles. The molecule has 3 rings (SSSR count). The number of sulfonamides is 1. The van der Waals surface area contributed by atoms with Crippen LogP contribution in [-0.4, -0.2) is 86.0 Å².